The van der Waals surface area contributed by atoms with Gasteiger partial charge in [0.05, 0.1) is 13.2 Å². The van der Waals surface area contributed by atoms with Gasteiger partial charge in [-0.1, -0.05) is 19.1 Å². The molecule has 3 nitrogen and oxygen atoms in total. The van der Waals surface area contributed by atoms with Gasteiger partial charge in [-0.15, -0.1) is 0 Å². The Labute approximate surface area is 96.5 Å². The fourth-order valence-electron chi connectivity index (χ4n) is 1.83. The molecule has 2 atom stereocenters. The van der Waals surface area contributed by atoms with Crippen LogP contribution in [0, 0.1) is 0 Å². The highest BCUT2D eigenvalue weighted by molar-refractivity contribution is 5.29. The first-order valence-corrected chi connectivity index (χ1v) is 5.89. The van der Waals surface area contributed by atoms with Crippen molar-refractivity contribution in [1.82, 2.24) is 0 Å². The van der Waals surface area contributed by atoms with Gasteiger partial charge in [0.2, 0.25) is 0 Å². The molecule has 0 bridgehead atoms. The third-order valence-electron chi connectivity index (χ3n) is 2.94. The lowest BCUT2D eigenvalue weighted by Crippen LogP contribution is -2.15. The molecule has 1 aromatic rings. The van der Waals surface area contributed by atoms with Crippen molar-refractivity contribution in [2.75, 3.05) is 13.2 Å². The molecule has 0 aromatic heterocycles. The van der Waals surface area contributed by atoms with Crippen LogP contribution in [-0.4, -0.2) is 19.3 Å². The van der Waals surface area contributed by atoms with E-state index < -0.39 is 0 Å². The highest BCUT2D eigenvalue weighted by Gasteiger charge is 2.17. The fraction of sp³-hybridized carbons (Fsp3) is 0.538. The zero-order valence-corrected chi connectivity index (χ0v) is 9.69. The minimum Gasteiger partial charge on any atom is -0.488 e. The molecule has 1 aliphatic heterocycles. The Kier molecular flexibility index (Phi) is 3.80. The van der Waals surface area contributed by atoms with Crippen LogP contribution in [0.2, 0.25) is 0 Å². The fourth-order valence-corrected chi connectivity index (χ4v) is 1.83. The van der Waals surface area contributed by atoms with E-state index in [1.165, 1.54) is 0 Å². The molecule has 1 fully saturated rings. The van der Waals surface area contributed by atoms with Gasteiger partial charge in [0.1, 0.15) is 11.9 Å². The van der Waals surface area contributed by atoms with Crippen molar-refractivity contribution in [1.29, 1.82) is 0 Å². The summed E-state index contributed by atoms with van der Waals surface area (Å²) in [5, 5.41) is 0. The smallest absolute Gasteiger partial charge is 0.124 e. The van der Waals surface area contributed by atoms with Gasteiger partial charge in [0.25, 0.3) is 0 Å². The van der Waals surface area contributed by atoms with E-state index in [0.29, 0.717) is 6.61 Å². The Bertz CT molecular complexity index is 317. The van der Waals surface area contributed by atoms with E-state index in [2.05, 4.69) is 6.92 Å². The van der Waals surface area contributed by atoms with Crippen LogP contribution >= 0.6 is 0 Å². The largest absolute Gasteiger partial charge is 0.488 e. The van der Waals surface area contributed by atoms with Crippen molar-refractivity contribution in [3.63, 3.8) is 0 Å². The number of benzene rings is 1. The number of nitrogens with two attached hydrogens (primary N) is 1. The maximum atomic E-state index is 5.95. The molecule has 1 unspecified atom stereocenters. The van der Waals surface area contributed by atoms with E-state index in [9.17, 15) is 0 Å². The van der Waals surface area contributed by atoms with Gasteiger partial charge in [-0.25, -0.2) is 0 Å². The first kappa shape index (κ1) is 11.4. The van der Waals surface area contributed by atoms with Crippen LogP contribution in [0.25, 0.3) is 0 Å². The predicted molar refractivity (Wildman–Crippen MR) is 63.5 cm³/mol. The molecule has 1 aliphatic rings. The van der Waals surface area contributed by atoms with Gasteiger partial charge in [0.15, 0.2) is 0 Å². The monoisotopic (exact) mass is 221 g/mol. The van der Waals surface area contributed by atoms with Crippen molar-refractivity contribution in [2.45, 2.75) is 31.9 Å². The van der Waals surface area contributed by atoms with Crippen LogP contribution in [0.3, 0.4) is 0 Å². The van der Waals surface area contributed by atoms with E-state index in [-0.39, 0.29) is 12.1 Å². The number of hydrogen-bond acceptors (Lipinski definition) is 3. The lowest BCUT2D eigenvalue weighted by Gasteiger charge is -2.13. The summed E-state index contributed by atoms with van der Waals surface area (Å²) in [6.45, 7) is 3.60. The van der Waals surface area contributed by atoms with E-state index in [1.807, 2.05) is 24.3 Å². The van der Waals surface area contributed by atoms with Crippen molar-refractivity contribution in [2.24, 2.45) is 5.73 Å². The average molecular weight is 221 g/mol. The van der Waals surface area contributed by atoms with Crippen molar-refractivity contribution < 1.29 is 9.47 Å². The van der Waals surface area contributed by atoms with Crippen LogP contribution in [0.4, 0.5) is 0 Å². The first-order chi connectivity index (χ1) is 7.79. The van der Waals surface area contributed by atoms with Crippen molar-refractivity contribution in [3.8, 4) is 5.75 Å². The Morgan fingerprint density at radius 2 is 2.19 bits per heavy atom. The number of rotatable bonds is 4. The zero-order valence-electron chi connectivity index (χ0n) is 9.69. The molecule has 2 rings (SSSR count). The van der Waals surface area contributed by atoms with E-state index >= 15 is 0 Å². The molecule has 1 saturated heterocycles. The summed E-state index contributed by atoms with van der Waals surface area (Å²) in [4.78, 5) is 0. The second kappa shape index (κ2) is 5.32. The van der Waals surface area contributed by atoms with E-state index in [4.69, 9.17) is 15.2 Å². The van der Waals surface area contributed by atoms with E-state index in [1.54, 1.807) is 0 Å². The summed E-state index contributed by atoms with van der Waals surface area (Å²) in [7, 11) is 0. The van der Waals surface area contributed by atoms with Crippen LogP contribution in [-0.2, 0) is 4.74 Å². The van der Waals surface area contributed by atoms with Crippen LogP contribution < -0.4 is 10.5 Å². The molecular formula is C13H19NO2. The molecule has 0 spiro atoms. The second-order valence-corrected chi connectivity index (χ2v) is 4.19. The highest BCUT2D eigenvalue weighted by Crippen LogP contribution is 2.20. The minimum atomic E-state index is 0.129. The predicted octanol–water partition coefficient (Wildman–Crippen LogP) is 2.26. The Morgan fingerprint density at radius 3 is 2.75 bits per heavy atom. The maximum Gasteiger partial charge on any atom is 0.124 e. The number of ether oxygens (including phenoxy) is 2. The highest BCUT2D eigenvalue weighted by atomic mass is 16.5. The molecule has 1 aromatic carbocycles. The summed E-state index contributed by atoms with van der Waals surface area (Å²) in [5.41, 5.74) is 7.11. The lowest BCUT2D eigenvalue weighted by atomic mass is 10.1. The Balaban J connectivity index is 1.96. The van der Waals surface area contributed by atoms with Crippen LogP contribution in [0.15, 0.2) is 24.3 Å². The van der Waals surface area contributed by atoms with Gasteiger partial charge in [0, 0.05) is 12.5 Å². The van der Waals surface area contributed by atoms with Gasteiger partial charge < -0.3 is 15.2 Å². The average Bonchev–Trinajstić information content (AvgIpc) is 2.82. The molecule has 1 heterocycles. The molecular weight excluding hydrogens is 202 g/mol. The molecule has 0 amide bonds. The molecule has 2 N–H and O–H groups in total. The molecule has 88 valence electrons. The summed E-state index contributed by atoms with van der Waals surface area (Å²) in [6, 6.07) is 8.19. The van der Waals surface area contributed by atoms with E-state index in [0.717, 1.165) is 30.8 Å². The topological polar surface area (TPSA) is 44.5 Å². The first-order valence-electron chi connectivity index (χ1n) is 5.89. The Hall–Kier alpha value is -1.06. The van der Waals surface area contributed by atoms with Crippen molar-refractivity contribution >= 4 is 0 Å². The van der Waals surface area contributed by atoms with Gasteiger partial charge in [-0.2, -0.15) is 0 Å². The molecule has 16 heavy (non-hydrogen) atoms. The second-order valence-electron chi connectivity index (χ2n) is 4.19. The Morgan fingerprint density at radius 1 is 1.44 bits per heavy atom. The zero-order chi connectivity index (χ0) is 11.4. The SMILES string of the molecule is CC[C@@H](N)c1ccc(OC2CCOC2)cc1. The standard InChI is InChI=1S/C13H19NO2/c1-2-13(14)10-3-5-11(6-4-10)16-12-7-8-15-9-12/h3-6,12-13H,2,7-9,14H2,1H3/t12?,13-/m1/s1. The lowest BCUT2D eigenvalue weighted by molar-refractivity contribution is 0.141. The molecule has 0 saturated carbocycles. The van der Waals surface area contributed by atoms with Gasteiger partial charge in [-0.3, -0.25) is 0 Å². The van der Waals surface area contributed by atoms with Crippen molar-refractivity contribution in [3.05, 3.63) is 29.8 Å². The number of hydrogen-bond donors (Lipinski definition) is 1. The normalized spacial score (nSPS) is 22.0. The quantitative estimate of drug-likeness (QED) is 0.848. The summed E-state index contributed by atoms with van der Waals surface area (Å²) >= 11 is 0. The van der Waals surface area contributed by atoms with Crippen LogP contribution in [0.5, 0.6) is 5.75 Å². The van der Waals surface area contributed by atoms with Gasteiger partial charge in [-0.05, 0) is 24.1 Å². The van der Waals surface area contributed by atoms with Gasteiger partial charge >= 0.3 is 0 Å². The summed E-state index contributed by atoms with van der Waals surface area (Å²) in [5.74, 6) is 0.905. The third-order valence-corrected chi connectivity index (χ3v) is 2.94. The minimum absolute atomic E-state index is 0.129. The molecule has 0 aliphatic carbocycles. The maximum absolute atomic E-state index is 5.95. The third kappa shape index (κ3) is 2.74. The summed E-state index contributed by atoms with van der Waals surface area (Å²) in [6.07, 6.45) is 2.15. The van der Waals surface area contributed by atoms with Crippen LogP contribution in [0.1, 0.15) is 31.4 Å². The molecule has 3 heteroatoms. The molecule has 0 radical (unpaired) electrons. The summed E-state index contributed by atoms with van der Waals surface area (Å²) < 4.78 is 11.0.